The van der Waals surface area contributed by atoms with E-state index in [1.165, 1.54) is 31.4 Å². The van der Waals surface area contributed by atoms with E-state index in [2.05, 4.69) is 15.0 Å². The van der Waals surface area contributed by atoms with E-state index in [0.29, 0.717) is 13.0 Å². The maximum absolute atomic E-state index is 12.3. The zero-order valence-corrected chi connectivity index (χ0v) is 14.8. The molecule has 9 nitrogen and oxygen atoms in total. The molecule has 0 radical (unpaired) electrons. The molecular weight excluding hydrogens is 362 g/mol. The predicted octanol–water partition coefficient (Wildman–Crippen LogP) is 2.53. The summed E-state index contributed by atoms with van der Waals surface area (Å²) in [4.78, 5) is -0.0865. The number of phenolic OH excluding ortho intramolecular Hbond substituents is 3. The molecule has 2 rings (SSSR count). The molecule has 0 fully saturated rings. The first-order valence-corrected chi connectivity index (χ1v) is 9.07. The summed E-state index contributed by atoms with van der Waals surface area (Å²) in [6, 6.07) is 7.30. The average Bonchev–Trinajstić information content (AvgIpc) is 2.59. The van der Waals surface area contributed by atoms with Gasteiger partial charge in [0.1, 0.15) is 28.6 Å². The lowest BCUT2D eigenvalue weighted by molar-refractivity contribution is 0.196. The summed E-state index contributed by atoms with van der Waals surface area (Å²) in [6.07, 6.45) is 0.514. The number of hydrogen-bond donors (Lipinski definition) is 4. The van der Waals surface area contributed by atoms with Gasteiger partial charge < -0.3 is 20.1 Å². The molecular formula is C16H19N3O6S. The van der Waals surface area contributed by atoms with Crippen LogP contribution in [0, 0.1) is 0 Å². The van der Waals surface area contributed by atoms with Crippen molar-refractivity contribution >= 4 is 21.4 Å². The van der Waals surface area contributed by atoms with Crippen molar-refractivity contribution in [2.75, 3.05) is 20.3 Å². The molecule has 0 saturated heterocycles. The zero-order chi connectivity index (χ0) is 19.2. The Bertz CT molecular complexity index is 899. The predicted molar refractivity (Wildman–Crippen MR) is 93.7 cm³/mol. The Balaban J connectivity index is 2.22. The summed E-state index contributed by atoms with van der Waals surface area (Å²) >= 11 is 0. The van der Waals surface area contributed by atoms with E-state index in [1.54, 1.807) is 0 Å². The first-order valence-electron chi connectivity index (χ1n) is 7.59. The average molecular weight is 381 g/mol. The smallest absolute Gasteiger partial charge is 0.240 e. The zero-order valence-electron chi connectivity index (χ0n) is 14.0. The molecule has 26 heavy (non-hydrogen) atoms. The van der Waals surface area contributed by atoms with Crippen LogP contribution in [-0.4, -0.2) is 44.0 Å². The van der Waals surface area contributed by atoms with Gasteiger partial charge in [0, 0.05) is 26.3 Å². The third-order valence-electron chi connectivity index (χ3n) is 3.30. The molecule has 2 aromatic rings. The molecule has 0 aliphatic heterocycles. The molecule has 140 valence electrons. The maximum Gasteiger partial charge on any atom is 0.240 e. The number of hydrogen-bond acceptors (Lipinski definition) is 8. The molecule has 0 bridgehead atoms. The van der Waals surface area contributed by atoms with Crippen molar-refractivity contribution in [2.24, 2.45) is 10.2 Å². The minimum Gasteiger partial charge on any atom is -0.508 e. The number of rotatable bonds is 8. The van der Waals surface area contributed by atoms with Crippen LogP contribution in [0.1, 0.15) is 6.42 Å². The SMILES string of the molecule is COCCCNS(=O)(=O)c1ccc(O)c(N=Nc2ccc(O)cc2O)c1. The monoisotopic (exact) mass is 381 g/mol. The highest BCUT2D eigenvalue weighted by Gasteiger charge is 2.15. The third kappa shape index (κ3) is 5.15. The Morgan fingerprint density at radius 2 is 1.73 bits per heavy atom. The molecule has 0 saturated carbocycles. The number of azo groups is 1. The van der Waals surface area contributed by atoms with Gasteiger partial charge in [-0.3, -0.25) is 0 Å². The van der Waals surface area contributed by atoms with Crippen molar-refractivity contribution in [1.29, 1.82) is 0 Å². The highest BCUT2D eigenvalue weighted by molar-refractivity contribution is 7.89. The van der Waals surface area contributed by atoms with Crippen LogP contribution in [0.2, 0.25) is 0 Å². The standard InChI is InChI=1S/C16H19N3O6S/c1-25-8-2-7-17-26(23,24)12-4-6-15(21)14(10-12)19-18-13-5-3-11(20)9-16(13)22/h3-6,9-10,17,20-22H,2,7-8H2,1H3. The molecule has 0 amide bonds. The minimum atomic E-state index is -3.78. The molecule has 0 aliphatic rings. The molecule has 0 aliphatic carbocycles. The minimum absolute atomic E-state index is 0.0492. The van der Waals surface area contributed by atoms with Crippen LogP contribution < -0.4 is 4.72 Å². The van der Waals surface area contributed by atoms with Crippen LogP contribution in [-0.2, 0) is 14.8 Å². The van der Waals surface area contributed by atoms with E-state index in [4.69, 9.17) is 4.74 Å². The first-order chi connectivity index (χ1) is 12.3. The molecule has 4 N–H and O–H groups in total. The number of ether oxygens (including phenoxy) is 1. The van der Waals surface area contributed by atoms with Crippen LogP contribution >= 0.6 is 0 Å². The molecule has 10 heteroatoms. The maximum atomic E-state index is 12.3. The van der Waals surface area contributed by atoms with Crippen LogP contribution in [0.5, 0.6) is 17.2 Å². The van der Waals surface area contributed by atoms with Crippen LogP contribution in [0.25, 0.3) is 0 Å². The number of phenols is 3. The van der Waals surface area contributed by atoms with Gasteiger partial charge in [-0.05, 0) is 36.8 Å². The van der Waals surface area contributed by atoms with Gasteiger partial charge in [-0.25, -0.2) is 13.1 Å². The van der Waals surface area contributed by atoms with Crippen molar-refractivity contribution in [1.82, 2.24) is 4.72 Å². The van der Waals surface area contributed by atoms with Gasteiger partial charge in [0.15, 0.2) is 0 Å². The van der Waals surface area contributed by atoms with E-state index in [-0.39, 0.29) is 40.1 Å². The topological polar surface area (TPSA) is 141 Å². The van der Waals surface area contributed by atoms with Crippen molar-refractivity contribution in [3.05, 3.63) is 36.4 Å². The van der Waals surface area contributed by atoms with Crippen LogP contribution in [0.4, 0.5) is 11.4 Å². The third-order valence-corrected chi connectivity index (χ3v) is 4.76. The number of sulfonamides is 1. The summed E-state index contributed by atoms with van der Waals surface area (Å²) in [7, 11) is -2.25. The number of nitrogens with one attached hydrogen (secondary N) is 1. The second-order valence-corrected chi connectivity index (χ2v) is 7.03. The lowest BCUT2D eigenvalue weighted by Crippen LogP contribution is -2.25. The first kappa shape index (κ1) is 19.6. The second kappa shape index (κ2) is 8.61. The van der Waals surface area contributed by atoms with Crippen molar-refractivity contribution in [3.63, 3.8) is 0 Å². The van der Waals surface area contributed by atoms with Gasteiger partial charge in [-0.15, -0.1) is 10.2 Å². The van der Waals surface area contributed by atoms with Gasteiger partial charge in [0.2, 0.25) is 10.0 Å². The van der Waals surface area contributed by atoms with Gasteiger partial charge in [0.25, 0.3) is 0 Å². The van der Waals surface area contributed by atoms with Gasteiger partial charge >= 0.3 is 0 Å². The van der Waals surface area contributed by atoms with Gasteiger partial charge in [-0.1, -0.05) is 0 Å². The number of methoxy groups -OCH3 is 1. The van der Waals surface area contributed by atoms with Crippen molar-refractivity contribution in [2.45, 2.75) is 11.3 Å². The number of aromatic hydroxyl groups is 3. The molecule has 0 atom stereocenters. The molecule has 0 aromatic heterocycles. The Morgan fingerprint density at radius 1 is 1.00 bits per heavy atom. The summed E-state index contributed by atoms with van der Waals surface area (Å²) in [6.45, 7) is 0.628. The van der Waals surface area contributed by atoms with E-state index in [1.807, 2.05) is 0 Å². The second-order valence-electron chi connectivity index (χ2n) is 5.27. The van der Waals surface area contributed by atoms with Crippen molar-refractivity contribution < 1.29 is 28.5 Å². The Hall–Kier alpha value is -2.69. The molecule has 0 heterocycles. The summed E-state index contributed by atoms with van der Waals surface area (Å²) in [5.74, 6) is -0.723. The van der Waals surface area contributed by atoms with E-state index in [0.717, 1.165) is 12.1 Å². The van der Waals surface area contributed by atoms with E-state index < -0.39 is 10.0 Å². The fraction of sp³-hybridized carbons (Fsp3) is 0.250. The lowest BCUT2D eigenvalue weighted by atomic mass is 10.3. The van der Waals surface area contributed by atoms with E-state index in [9.17, 15) is 23.7 Å². The summed E-state index contributed by atoms with van der Waals surface area (Å²) < 4.78 is 31.8. The highest BCUT2D eigenvalue weighted by Crippen LogP contribution is 2.34. The van der Waals surface area contributed by atoms with Crippen molar-refractivity contribution in [3.8, 4) is 17.2 Å². The lowest BCUT2D eigenvalue weighted by Gasteiger charge is -2.07. The fourth-order valence-corrected chi connectivity index (χ4v) is 3.05. The number of nitrogens with zero attached hydrogens (tertiary/aromatic N) is 2. The van der Waals surface area contributed by atoms with Crippen LogP contribution in [0.3, 0.4) is 0 Å². The van der Waals surface area contributed by atoms with E-state index >= 15 is 0 Å². The Morgan fingerprint density at radius 3 is 2.42 bits per heavy atom. The molecule has 2 aromatic carbocycles. The quantitative estimate of drug-likeness (QED) is 0.409. The van der Waals surface area contributed by atoms with Gasteiger partial charge in [-0.2, -0.15) is 0 Å². The van der Waals surface area contributed by atoms with Crippen LogP contribution in [0.15, 0.2) is 51.5 Å². The molecule has 0 spiro atoms. The normalized spacial score (nSPS) is 11.9. The Kier molecular flexibility index (Phi) is 6.50. The Labute approximate surface area is 150 Å². The summed E-state index contributed by atoms with van der Waals surface area (Å²) in [5.41, 5.74) is -0.0367. The summed E-state index contributed by atoms with van der Waals surface area (Å²) in [5, 5.41) is 36.3. The largest absolute Gasteiger partial charge is 0.508 e. The van der Waals surface area contributed by atoms with Gasteiger partial charge in [0.05, 0.1) is 4.90 Å². The number of benzene rings is 2. The fourth-order valence-electron chi connectivity index (χ4n) is 1.96. The highest BCUT2D eigenvalue weighted by atomic mass is 32.2. The molecule has 0 unspecified atom stereocenters.